The van der Waals surface area contributed by atoms with Gasteiger partial charge >= 0.3 is 12.1 Å². The first kappa shape index (κ1) is 25.4. The minimum absolute atomic E-state index is 0.0899. The summed E-state index contributed by atoms with van der Waals surface area (Å²) < 4.78 is 5.44. The van der Waals surface area contributed by atoms with Crippen LogP contribution in [0.25, 0.3) is 5.70 Å². The number of nitrogens with zero attached hydrogens (tertiary/aromatic N) is 2. The summed E-state index contributed by atoms with van der Waals surface area (Å²) in [6.45, 7) is 3.08. The van der Waals surface area contributed by atoms with Crippen LogP contribution in [0, 0.1) is 0 Å². The van der Waals surface area contributed by atoms with Gasteiger partial charge in [0, 0.05) is 49.7 Å². The molecule has 1 aliphatic heterocycles. The van der Waals surface area contributed by atoms with Crippen LogP contribution in [0.15, 0.2) is 54.8 Å². The molecule has 1 atom stereocenters. The van der Waals surface area contributed by atoms with E-state index in [4.69, 9.17) is 21.4 Å². The van der Waals surface area contributed by atoms with Gasteiger partial charge in [0.2, 0.25) is 0 Å². The highest BCUT2D eigenvalue weighted by atomic mass is 35.5. The lowest BCUT2D eigenvalue weighted by Crippen LogP contribution is -2.50. The minimum Gasteiger partial charge on any atom is -0.513 e. The van der Waals surface area contributed by atoms with E-state index in [0.717, 1.165) is 6.26 Å². The van der Waals surface area contributed by atoms with Crippen molar-refractivity contribution in [3.63, 3.8) is 0 Å². The molecule has 2 aromatic carbocycles. The second kappa shape index (κ2) is 12.3. The number of amides is 1. The van der Waals surface area contributed by atoms with Gasteiger partial charge in [-0.3, -0.25) is 4.90 Å². The molecule has 10 heteroatoms. The topological polar surface area (TPSA) is 123 Å². The largest absolute Gasteiger partial charge is 0.513 e. The number of carboxylic acid groups (broad SMARTS) is 1. The Morgan fingerprint density at radius 1 is 1.09 bits per heavy atom. The van der Waals surface area contributed by atoms with E-state index in [1.54, 1.807) is 53.4 Å². The van der Waals surface area contributed by atoms with Crippen molar-refractivity contribution >= 4 is 29.4 Å². The molecule has 34 heavy (non-hydrogen) atoms. The van der Waals surface area contributed by atoms with Crippen LogP contribution in [0.4, 0.5) is 4.79 Å². The molecule has 0 saturated carbocycles. The van der Waals surface area contributed by atoms with Crippen molar-refractivity contribution in [2.24, 2.45) is 0 Å². The number of carbonyl (C=O) groups excluding carboxylic acids is 1. The number of carboxylic acids is 1. The molecule has 0 bridgehead atoms. The zero-order valence-corrected chi connectivity index (χ0v) is 19.3. The Balaban J connectivity index is 1.58. The van der Waals surface area contributed by atoms with Gasteiger partial charge in [-0.05, 0) is 23.8 Å². The highest BCUT2D eigenvalue weighted by Crippen LogP contribution is 2.23. The van der Waals surface area contributed by atoms with Crippen molar-refractivity contribution in [3.05, 3.63) is 70.9 Å². The average Bonchev–Trinajstić information content (AvgIpc) is 2.84. The van der Waals surface area contributed by atoms with Crippen LogP contribution < -0.4 is 10.1 Å². The van der Waals surface area contributed by atoms with Gasteiger partial charge in [-0.1, -0.05) is 41.9 Å². The first-order chi connectivity index (χ1) is 16.4. The number of benzene rings is 2. The van der Waals surface area contributed by atoms with Gasteiger partial charge in [0.1, 0.15) is 18.1 Å². The van der Waals surface area contributed by atoms with Crippen molar-refractivity contribution in [2.45, 2.75) is 12.5 Å². The van der Waals surface area contributed by atoms with Gasteiger partial charge in [-0.15, -0.1) is 0 Å². The monoisotopic (exact) mass is 489 g/mol. The summed E-state index contributed by atoms with van der Waals surface area (Å²) in [5.41, 5.74) is 1.38. The second-order valence-electron chi connectivity index (χ2n) is 7.83. The molecule has 1 saturated heterocycles. The van der Waals surface area contributed by atoms with E-state index in [1.165, 1.54) is 0 Å². The van der Waals surface area contributed by atoms with E-state index in [1.807, 2.05) is 0 Å². The zero-order valence-electron chi connectivity index (χ0n) is 18.6. The molecule has 0 unspecified atom stereocenters. The average molecular weight is 490 g/mol. The Morgan fingerprint density at radius 3 is 2.35 bits per heavy atom. The predicted octanol–water partition coefficient (Wildman–Crippen LogP) is 2.59. The van der Waals surface area contributed by atoms with Gasteiger partial charge in [0.25, 0.3) is 0 Å². The van der Waals surface area contributed by atoms with Gasteiger partial charge in [-0.2, -0.15) is 0 Å². The molecule has 2 aromatic rings. The Labute approximate surface area is 202 Å². The maximum atomic E-state index is 12.4. The molecule has 1 aliphatic rings. The number of piperazine rings is 1. The number of β-amino-alcohol motifs (C(OH)–C–C–N with tert-alkyl or cyclic N) is 1. The fourth-order valence-corrected chi connectivity index (χ4v) is 3.88. The summed E-state index contributed by atoms with van der Waals surface area (Å²) in [6.07, 6.45) is 0.473. The third kappa shape index (κ3) is 6.86. The van der Waals surface area contributed by atoms with E-state index < -0.39 is 18.1 Å². The van der Waals surface area contributed by atoms with Crippen molar-refractivity contribution in [1.29, 1.82) is 0 Å². The minimum atomic E-state index is -1.10. The van der Waals surface area contributed by atoms with E-state index >= 15 is 0 Å². The normalized spacial score (nSPS) is 15.6. The van der Waals surface area contributed by atoms with Gasteiger partial charge in [0.15, 0.2) is 0 Å². The number of hydrogen-bond donors (Lipinski definition) is 4. The van der Waals surface area contributed by atoms with Crippen molar-refractivity contribution in [1.82, 2.24) is 15.1 Å². The van der Waals surface area contributed by atoms with Crippen LogP contribution in [0.2, 0.25) is 5.02 Å². The predicted molar refractivity (Wildman–Crippen MR) is 128 cm³/mol. The van der Waals surface area contributed by atoms with E-state index in [2.05, 4.69) is 10.2 Å². The van der Waals surface area contributed by atoms with E-state index in [0.29, 0.717) is 54.6 Å². The molecular weight excluding hydrogens is 462 g/mol. The lowest BCUT2D eigenvalue weighted by molar-refractivity contribution is -0.139. The molecule has 182 valence electrons. The Kier molecular flexibility index (Phi) is 9.15. The maximum Gasteiger partial charge on any atom is 0.415 e. The molecule has 0 aliphatic carbocycles. The number of nitrogens with one attached hydrogen (secondary N) is 1. The van der Waals surface area contributed by atoms with Crippen LogP contribution in [-0.4, -0.2) is 82.6 Å². The molecule has 0 aromatic heterocycles. The van der Waals surface area contributed by atoms with Crippen LogP contribution in [-0.2, 0) is 11.2 Å². The molecule has 3 rings (SSSR count). The molecule has 0 spiro atoms. The fraction of sp³-hybridized carbons (Fsp3) is 0.333. The van der Waals surface area contributed by atoms with Gasteiger partial charge in [-0.25, -0.2) is 9.59 Å². The summed E-state index contributed by atoms with van der Waals surface area (Å²) in [7, 11) is 0. The summed E-state index contributed by atoms with van der Waals surface area (Å²) in [5, 5.41) is 31.5. The number of aliphatic carboxylic acids is 1. The third-order valence-corrected chi connectivity index (χ3v) is 5.87. The molecular formula is C24H28ClN3O6. The lowest BCUT2D eigenvalue weighted by atomic mass is 10.0. The molecule has 1 fully saturated rings. The molecule has 1 amide bonds. The van der Waals surface area contributed by atoms with Crippen LogP contribution in [0.5, 0.6) is 5.75 Å². The summed E-state index contributed by atoms with van der Waals surface area (Å²) in [6, 6.07) is 12.4. The number of aliphatic hydroxyl groups excluding tert-OH is 2. The zero-order chi connectivity index (χ0) is 24.5. The van der Waals surface area contributed by atoms with Crippen molar-refractivity contribution in [2.75, 3.05) is 39.3 Å². The number of halogens is 1. The summed E-state index contributed by atoms with van der Waals surface area (Å²) in [4.78, 5) is 27.9. The van der Waals surface area contributed by atoms with Gasteiger partial charge < -0.3 is 30.3 Å². The van der Waals surface area contributed by atoms with E-state index in [-0.39, 0.29) is 18.7 Å². The number of ether oxygens (including phenoxy) is 1. The first-order valence-corrected chi connectivity index (χ1v) is 11.3. The summed E-state index contributed by atoms with van der Waals surface area (Å²) in [5.74, 6) is -0.736. The number of hydrogen-bond acceptors (Lipinski definition) is 7. The lowest BCUT2D eigenvalue weighted by Gasteiger charge is -2.33. The smallest absolute Gasteiger partial charge is 0.415 e. The summed E-state index contributed by atoms with van der Waals surface area (Å²) >= 11 is 6.16. The Bertz CT molecular complexity index is 1010. The van der Waals surface area contributed by atoms with E-state index in [9.17, 15) is 19.8 Å². The van der Waals surface area contributed by atoms with Crippen LogP contribution in [0.3, 0.4) is 0 Å². The SMILES string of the molecule is O=C(O)[C@H](Cc1ccc(OC(=O)N2CCN(CCO)CC2)cc1)N/C(=C/O)c1ccccc1Cl. The van der Waals surface area contributed by atoms with Crippen LogP contribution >= 0.6 is 11.6 Å². The highest BCUT2D eigenvalue weighted by molar-refractivity contribution is 6.32. The molecule has 1 heterocycles. The number of aliphatic hydroxyl groups is 2. The van der Waals surface area contributed by atoms with Crippen molar-refractivity contribution in [3.8, 4) is 5.75 Å². The van der Waals surface area contributed by atoms with Crippen LogP contribution in [0.1, 0.15) is 11.1 Å². The Hall–Kier alpha value is -3.27. The Morgan fingerprint density at radius 2 is 1.76 bits per heavy atom. The highest BCUT2D eigenvalue weighted by Gasteiger charge is 2.23. The maximum absolute atomic E-state index is 12.4. The number of rotatable bonds is 9. The molecule has 4 N–H and O–H groups in total. The van der Waals surface area contributed by atoms with Crippen molar-refractivity contribution < 1.29 is 29.6 Å². The fourth-order valence-electron chi connectivity index (χ4n) is 3.64. The number of carbonyl (C=O) groups is 2. The third-order valence-electron chi connectivity index (χ3n) is 5.54. The molecule has 0 radical (unpaired) electrons. The first-order valence-electron chi connectivity index (χ1n) is 10.9. The second-order valence-corrected chi connectivity index (χ2v) is 8.23. The standard InChI is InChI=1S/C24H28ClN3O6/c25-20-4-2-1-3-19(20)22(16-30)26-21(23(31)32)15-17-5-7-18(8-6-17)34-24(33)28-11-9-27(10-12-28)13-14-29/h1-8,16,21,26,29-30H,9-15H2,(H,31,32)/b22-16+/t21-/m0/s1. The van der Waals surface area contributed by atoms with Gasteiger partial charge in [0.05, 0.1) is 12.3 Å². The quantitative estimate of drug-likeness (QED) is 0.396. The molecule has 9 nitrogen and oxygen atoms in total.